The number of carbonyl (C=O) groups is 1. The SMILES string of the molecule is CCc1ccc(OCCN(C(=O)C2=CCN3CCCC2C3)C2CC2)cc1CC. The maximum absolute atomic E-state index is 13.3. The molecule has 2 unspecified atom stereocenters. The van der Waals surface area contributed by atoms with Gasteiger partial charge in [-0.15, -0.1) is 0 Å². The number of nitrogens with zero attached hydrogens (tertiary/aromatic N) is 2. The molecular formula is C24H34N2O2. The summed E-state index contributed by atoms with van der Waals surface area (Å²) in [6.45, 7) is 8.84. The van der Waals surface area contributed by atoms with E-state index in [0.29, 0.717) is 25.1 Å². The molecule has 1 aromatic rings. The number of carbonyl (C=O) groups excluding carboxylic acids is 1. The molecule has 0 radical (unpaired) electrons. The molecule has 152 valence electrons. The molecule has 4 rings (SSSR count). The van der Waals surface area contributed by atoms with E-state index in [-0.39, 0.29) is 5.91 Å². The molecule has 1 saturated carbocycles. The molecule has 4 heteroatoms. The highest BCUT2D eigenvalue weighted by Gasteiger charge is 2.37. The number of piperidine rings is 1. The number of fused-ring (bicyclic) bond motifs is 2. The molecular weight excluding hydrogens is 348 g/mol. The number of hydrogen-bond donors (Lipinski definition) is 0. The first-order valence-corrected chi connectivity index (χ1v) is 11.2. The van der Waals surface area contributed by atoms with Crippen molar-refractivity contribution in [2.24, 2.45) is 5.92 Å². The topological polar surface area (TPSA) is 32.8 Å². The summed E-state index contributed by atoms with van der Waals surface area (Å²) in [5, 5.41) is 0. The van der Waals surface area contributed by atoms with Gasteiger partial charge in [0.2, 0.25) is 5.91 Å². The van der Waals surface area contributed by atoms with Crippen LogP contribution in [0.3, 0.4) is 0 Å². The van der Waals surface area contributed by atoms with Crippen molar-refractivity contribution in [3.63, 3.8) is 0 Å². The van der Waals surface area contributed by atoms with E-state index < -0.39 is 0 Å². The van der Waals surface area contributed by atoms with Crippen molar-refractivity contribution in [1.29, 1.82) is 0 Å². The summed E-state index contributed by atoms with van der Waals surface area (Å²) >= 11 is 0. The van der Waals surface area contributed by atoms with Gasteiger partial charge in [-0.2, -0.15) is 0 Å². The summed E-state index contributed by atoms with van der Waals surface area (Å²) in [5.41, 5.74) is 3.84. The molecule has 2 aliphatic heterocycles. The minimum atomic E-state index is 0.272. The molecule has 1 saturated heterocycles. The second-order valence-corrected chi connectivity index (χ2v) is 8.47. The Labute approximate surface area is 169 Å². The van der Waals surface area contributed by atoms with Gasteiger partial charge in [0, 0.05) is 30.6 Å². The molecule has 4 nitrogen and oxygen atoms in total. The highest BCUT2D eigenvalue weighted by molar-refractivity contribution is 5.94. The molecule has 1 amide bonds. The molecule has 2 bridgehead atoms. The summed E-state index contributed by atoms with van der Waals surface area (Å²) in [5.74, 6) is 1.64. The molecule has 0 aromatic heterocycles. The number of rotatable bonds is 8. The Bertz CT molecular complexity index is 738. The molecule has 28 heavy (non-hydrogen) atoms. The van der Waals surface area contributed by atoms with Crippen LogP contribution in [-0.2, 0) is 17.6 Å². The summed E-state index contributed by atoms with van der Waals surface area (Å²) in [6, 6.07) is 6.84. The van der Waals surface area contributed by atoms with E-state index in [9.17, 15) is 4.79 Å². The molecule has 2 atom stereocenters. The van der Waals surface area contributed by atoms with Gasteiger partial charge in [0.25, 0.3) is 0 Å². The zero-order valence-corrected chi connectivity index (χ0v) is 17.5. The van der Waals surface area contributed by atoms with Gasteiger partial charge in [-0.3, -0.25) is 9.69 Å². The second-order valence-electron chi connectivity index (χ2n) is 8.47. The monoisotopic (exact) mass is 382 g/mol. The molecule has 0 spiro atoms. The van der Waals surface area contributed by atoms with Crippen molar-refractivity contribution in [3.05, 3.63) is 41.0 Å². The van der Waals surface area contributed by atoms with E-state index in [1.54, 1.807) is 0 Å². The van der Waals surface area contributed by atoms with Gasteiger partial charge in [-0.05, 0) is 68.3 Å². The lowest BCUT2D eigenvalue weighted by Crippen LogP contribution is -2.45. The smallest absolute Gasteiger partial charge is 0.250 e. The number of benzene rings is 1. The normalized spacial score (nSPS) is 23.9. The number of aryl methyl sites for hydroxylation is 2. The second kappa shape index (κ2) is 8.69. The molecule has 2 heterocycles. The Morgan fingerprint density at radius 1 is 1.18 bits per heavy atom. The van der Waals surface area contributed by atoms with Gasteiger partial charge in [-0.25, -0.2) is 0 Å². The van der Waals surface area contributed by atoms with E-state index in [4.69, 9.17) is 4.74 Å². The number of ether oxygens (including phenoxy) is 1. The van der Waals surface area contributed by atoms with Crippen molar-refractivity contribution in [2.45, 2.75) is 58.4 Å². The van der Waals surface area contributed by atoms with E-state index in [1.165, 1.54) is 24.1 Å². The minimum absolute atomic E-state index is 0.272. The van der Waals surface area contributed by atoms with Crippen LogP contribution in [0.15, 0.2) is 29.8 Å². The highest BCUT2D eigenvalue weighted by atomic mass is 16.5. The van der Waals surface area contributed by atoms with E-state index >= 15 is 0 Å². The van der Waals surface area contributed by atoms with Crippen LogP contribution in [0.2, 0.25) is 0 Å². The Hall–Kier alpha value is -1.81. The molecule has 1 aromatic carbocycles. The summed E-state index contributed by atoms with van der Waals surface area (Å²) in [4.78, 5) is 17.9. The van der Waals surface area contributed by atoms with E-state index in [2.05, 4.69) is 47.9 Å². The van der Waals surface area contributed by atoms with Crippen molar-refractivity contribution < 1.29 is 9.53 Å². The largest absolute Gasteiger partial charge is 0.492 e. The first kappa shape index (κ1) is 19.5. The van der Waals surface area contributed by atoms with Crippen LogP contribution in [0.4, 0.5) is 0 Å². The van der Waals surface area contributed by atoms with Crippen LogP contribution in [0.25, 0.3) is 0 Å². The van der Waals surface area contributed by atoms with Crippen molar-refractivity contribution in [3.8, 4) is 5.75 Å². The Morgan fingerprint density at radius 2 is 2.00 bits per heavy atom. The standard InChI is InChI=1S/C24H34N2O2/c1-3-18-7-10-22(16-19(18)4-2)28-15-14-26(21-8-9-21)24(27)23-11-13-25-12-5-6-20(23)17-25/h7,10-11,16,20-21H,3-6,8-9,12-15,17H2,1-2H3. The van der Waals surface area contributed by atoms with Crippen LogP contribution in [0, 0.1) is 5.92 Å². The quantitative estimate of drug-likeness (QED) is 0.685. The number of amides is 1. The van der Waals surface area contributed by atoms with E-state index in [1.807, 2.05) is 0 Å². The molecule has 2 fully saturated rings. The van der Waals surface area contributed by atoms with Crippen LogP contribution in [0.5, 0.6) is 5.75 Å². The fraction of sp³-hybridized carbons (Fsp3) is 0.625. The average molecular weight is 383 g/mol. The predicted octanol–water partition coefficient (Wildman–Crippen LogP) is 3.83. The van der Waals surface area contributed by atoms with Crippen LogP contribution in [-0.4, -0.2) is 54.5 Å². The maximum atomic E-state index is 13.3. The Balaban J connectivity index is 1.37. The highest BCUT2D eigenvalue weighted by Crippen LogP contribution is 2.33. The molecule has 1 aliphatic carbocycles. The Kier molecular flexibility index (Phi) is 6.05. The van der Waals surface area contributed by atoms with Crippen molar-refractivity contribution in [1.82, 2.24) is 9.80 Å². The fourth-order valence-electron chi connectivity index (χ4n) is 4.76. The lowest BCUT2D eigenvalue weighted by Gasteiger charge is -2.38. The van der Waals surface area contributed by atoms with E-state index in [0.717, 1.165) is 56.5 Å². The fourth-order valence-corrected chi connectivity index (χ4v) is 4.76. The predicted molar refractivity (Wildman–Crippen MR) is 113 cm³/mol. The van der Waals surface area contributed by atoms with Crippen LogP contribution in [0.1, 0.15) is 50.7 Å². The minimum Gasteiger partial charge on any atom is -0.492 e. The van der Waals surface area contributed by atoms with Gasteiger partial charge in [0.15, 0.2) is 0 Å². The third-order valence-electron chi connectivity index (χ3n) is 6.55. The lowest BCUT2D eigenvalue weighted by atomic mass is 9.86. The molecule has 0 N–H and O–H groups in total. The Morgan fingerprint density at radius 3 is 2.75 bits per heavy atom. The zero-order valence-electron chi connectivity index (χ0n) is 17.5. The number of hydrogen-bond acceptors (Lipinski definition) is 3. The van der Waals surface area contributed by atoms with Gasteiger partial charge < -0.3 is 9.64 Å². The maximum Gasteiger partial charge on any atom is 0.250 e. The van der Waals surface area contributed by atoms with Gasteiger partial charge in [0.05, 0.1) is 6.54 Å². The third-order valence-corrected chi connectivity index (χ3v) is 6.55. The zero-order chi connectivity index (χ0) is 19.5. The van der Waals surface area contributed by atoms with Crippen molar-refractivity contribution >= 4 is 5.91 Å². The molecule has 3 aliphatic rings. The first-order valence-electron chi connectivity index (χ1n) is 11.2. The summed E-state index contributed by atoms with van der Waals surface area (Å²) < 4.78 is 6.05. The lowest BCUT2D eigenvalue weighted by molar-refractivity contribution is -0.129. The average Bonchev–Trinajstić information content (AvgIpc) is 3.56. The van der Waals surface area contributed by atoms with Crippen LogP contribution < -0.4 is 4.74 Å². The van der Waals surface area contributed by atoms with Gasteiger partial charge in [0.1, 0.15) is 12.4 Å². The summed E-state index contributed by atoms with van der Waals surface area (Å²) in [7, 11) is 0. The first-order chi connectivity index (χ1) is 13.7. The van der Waals surface area contributed by atoms with Gasteiger partial charge >= 0.3 is 0 Å². The van der Waals surface area contributed by atoms with Gasteiger partial charge in [-0.1, -0.05) is 26.0 Å². The summed E-state index contributed by atoms with van der Waals surface area (Å²) in [6.07, 6.45) is 8.94. The van der Waals surface area contributed by atoms with Crippen molar-refractivity contribution in [2.75, 3.05) is 32.8 Å². The van der Waals surface area contributed by atoms with Crippen LogP contribution >= 0.6 is 0 Å². The third kappa shape index (κ3) is 4.27.